The first-order valence-electron chi connectivity index (χ1n) is 8.59. The highest BCUT2D eigenvalue weighted by molar-refractivity contribution is 7.91. The SMILES string of the molecule is CN(C)c1ccc(NC(=O)c2cc(N(C)C3CCS(=O)(=O)C3)ncn2)cc1. The van der Waals surface area contributed by atoms with E-state index in [1.165, 1.54) is 6.33 Å². The molecule has 9 heteroatoms. The predicted octanol–water partition coefficient (Wildman–Crippen LogP) is 1.42. The minimum absolute atomic E-state index is 0.104. The van der Waals surface area contributed by atoms with E-state index in [4.69, 9.17) is 0 Å². The van der Waals surface area contributed by atoms with E-state index >= 15 is 0 Å². The third kappa shape index (κ3) is 4.54. The Bertz CT molecular complexity index is 928. The Balaban J connectivity index is 1.72. The number of sulfone groups is 1. The van der Waals surface area contributed by atoms with Gasteiger partial charge in [-0.3, -0.25) is 4.79 Å². The summed E-state index contributed by atoms with van der Waals surface area (Å²) in [7, 11) is 2.69. The average Bonchev–Trinajstić information content (AvgIpc) is 3.01. The van der Waals surface area contributed by atoms with Gasteiger partial charge in [0.25, 0.3) is 5.91 Å². The highest BCUT2D eigenvalue weighted by atomic mass is 32.2. The van der Waals surface area contributed by atoms with Crippen LogP contribution in [0.15, 0.2) is 36.7 Å². The number of aromatic nitrogens is 2. The standard InChI is InChI=1S/C18H23N5O3S/c1-22(2)14-6-4-13(5-7-14)21-18(24)16-10-17(20-12-19-16)23(3)15-8-9-27(25,26)11-15/h4-7,10,12,15H,8-9,11H2,1-3H3,(H,21,24). The second kappa shape index (κ2) is 7.51. The summed E-state index contributed by atoms with van der Waals surface area (Å²) in [4.78, 5) is 24.5. The highest BCUT2D eigenvalue weighted by Crippen LogP contribution is 2.22. The number of hydrogen-bond donors (Lipinski definition) is 1. The van der Waals surface area contributed by atoms with E-state index in [0.717, 1.165) is 5.69 Å². The lowest BCUT2D eigenvalue weighted by atomic mass is 10.2. The lowest BCUT2D eigenvalue weighted by Crippen LogP contribution is -2.33. The summed E-state index contributed by atoms with van der Waals surface area (Å²) in [6.45, 7) is 0. The van der Waals surface area contributed by atoms with Crippen molar-refractivity contribution in [2.24, 2.45) is 0 Å². The molecule has 0 radical (unpaired) electrons. The molecule has 144 valence electrons. The number of rotatable bonds is 5. The zero-order valence-corrected chi connectivity index (χ0v) is 16.4. The van der Waals surface area contributed by atoms with Gasteiger partial charge in [0.1, 0.15) is 17.8 Å². The first-order valence-corrected chi connectivity index (χ1v) is 10.4. The van der Waals surface area contributed by atoms with Crippen LogP contribution in [0.5, 0.6) is 0 Å². The van der Waals surface area contributed by atoms with Gasteiger partial charge in [-0.05, 0) is 30.7 Å². The molecule has 1 atom stereocenters. The minimum Gasteiger partial charge on any atom is -0.378 e. The molecule has 27 heavy (non-hydrogen) atoms. The molecule has 1 N–H and O–H groups in total. The van der Waals surface area contributed by atoms with Crippen LogP contribution in [0.3, 0.4) is 0 Å². The fourth-order valence-corrected chi connectivity index (χ4v) is 4.74. The average molecular weight is 389 g/mol. The Kier molecular flexibility index (Phi) is 5.31. The van der Waals surface area contributed by atoms with E-state index in [1.54, 1.807) is 18.0 Å². The number of nitrogens with one attached hydrogen (secondary N) is 1. The van der Waals surface area contributed by atoms with Gasteiger partial charge in [-0.2, -0.15) is 0 Å². The van der Waals surface area contributed by atoms with Crippen LogP contribution in [0.4, 0.5) is 17.2 Å². The highest BCUT2D eigenvalue weighted by Gasteiger charge is 2.31. The zero-order chi connectivity index (χ0) is 19.6. The van der Waals surface area contributed by atoms with Crippen LogP contribution in [0, 0.1) is 0 Å². The molecule has 3 rings (SSSR count). The van der Waals surface area contributed by atoms with Crippen molar-refractivity contribution in [3.05, 3.63) is 42.4 Å². The molecule has 1 aromatic carbocycles. The quantitative estimate of drug-likeness (QED) is 0.826. The van der Waals surface area contributed by atoms with Crippen LogP contribution in [0.1, 0.15) is 16.9 Å². The molecule has 8 nitrogen and oxygen atoms in total. The summed E-state index contributed by atoms with van der Waals surface area (Å²) in [5.74, 6) is 0.472. The molecule has 1 unspecified atom stereocenters. The molecule has 2 heterocycles. The van der Waals surface area contributed by atoms with E-state index in [0.29, 0.717) is 17.9 Å². The van der Waals surface area contributed by atoms with Crippen molar-refractivity contribution in [1.82, 2.24) is 9.97 Å². The van der Waals surface area contributed by atoms with Crippen LogP contribution in [0.25, 0.3) is 0 Å². The first kappa shape index (κ1) is 19.1. The van der Waals surface area contributed by atoms with Crippen molar-refractivity contribution < 1.29 is 13.2 Å². The summed E-state index contributed by atoms with van der Waals surface area (Å²) in [6.07, 6.45) is 1.88. The number of amides is 1. The molecule has 2 aromatic rings. The Morgan fingerprint density at radius 3 is 2.44 bits per heavy atom. The first-order chi connectivity index (χ1) is 12.7. The van der Waals surface area contributed by atoms with Gasteiger partial charge < -0.3 is 15.1 Å². The van der Waals surface area contributed by atoms with Crippen molar-refractivity contribution in [2.75, 3.05) is 47.8 Å². The molecular formula is C18H23N5O3S. The second-order valence-corrected chi connectivity index (χ2v) is 9.05. The maximum absolute atomic E-state index is 12.5. The van der Waals surface area contributed by atoms with Gasteiger partial charge in [0.2, 0.25) is 0 Å². The van der Waals surface area contributed by atoms with Crippen LogP contribution >= 0.6 is 0 Å². The van der Waals surface area contributed by atoms with Crippen LogP contribution in [0.2, 0.25) is 0 Å². The lowest BCUT2D eigenvalue weighted by Gasteiger charge is -2.24. The Labute approximate surface area is 159 Å². The number of benzene rings is 1. The summed E-state index contributed by atoms with van der Waals surface area (Å²) >= 11 is 0. The maximum Gasteiger partial charge on any atom is 0.274 e. The summed E-state index contributed by atoms with van der Waals surface area (Å²) in [5, 5.41) is 2.81. The summed E-state index contributed by atoms with van der Waals surface area (Å²) in [6, 6.07) is 8.91. The van der Waals surface area contributed by atoms with E-state index in [1.807, 2.05) is 43.3 Å². The number of carbonyl (C=O) groups is 1. The number of anilines is 3. The molecule has 1 fully saturated rings. The molecule has 0 aliphatic carbocycles. The van der Waals surface area contributed by atoms with E-state index in [2.05, 4.69) is 15.3 Å². The molecule has 0 spiro atoms. The van der Waals surface area contributed by atoms with Gasteiger partial charge in [-0.15, -0.1) is 0 Å². The second-order valence-electron chi connectivity index (χ2n) is 6.82. The Morgan fingerprint density at radius 2 is 1.85 bits per heavy atom. The lowest BCUT2D eigenvalue weighted by molar-refractivity contribution is 0.102. The molecule has 0 saturated carbocycles. The molecule has 1 aromatic heterocycles. The van der Waals surface area contributed by atoms with Crippen molar-refractivity contribution in [2.45, 2.75) is 12.5 Å². The topological polar surface area (TPSA) is 95.5 Å². The monoisotopic (exact) mass is 389 g/mol. The van der Waals surface area contributed by atoms with E-state index < -0.39 is 9.84 Å². The van der Waals surface area contributed by atoms with Crippen molar-refractivity contribution in [3.63, 3.8) is 0 Å². The van der Waals surface area contributed by atoms with Crippen molar-refractivity contribution in [3.8, 4) is 0 Å². The third-order valence-corrected chi connectivity index (χ3v) is 6.39. The number of carbonyl (C=O) groups excluding carboxylic acids is 1. The fraction of sp³-hybridized carbons (Fsp3) is 0.389. The Morgan fingerprint density at radius 1 is 1.15 bits per heavy atom. The predicted molar refractivity (Wildman–Crippen MR) is 106 cm³/mol. The molecule has 0 bridgehead atoms. The fourth-order valence-electron chi connectivity index (χ4n) is 2.97. The Hall–Kier alpha value is -2.68. The molecule has 1 aliphatic heterocycles. The van der Waals surface area contributed by atoms with Gasteiger partial charge in [0.05, 0.1) is 11.5 Å². The minimum atomic E-state index is -2.99. The van der Waals surface area contributed by atoms with Crippen LogP contribution in [-0.4, -0.2) is 63.0 Å². The third-order valence-electron chi connectivity index (χ3n) is 4.64. The number of nitrogens with zero attached hydrogens (tertiary/aromatic N) is 4. The summed E-state index contributed by atoms with van der Waals surface area (Å²) in [5.41, 5.74) is 1.93. The van der Waals surface area contributed by atoms with Gasteiger partial charge in [-0.1, -0.05) is 0 Å². The van der Waals surface area contributed by atoms with Gasteiger partial charge in [0.15, 0.2) is 9.84 Å². The maximum atomic E-state index is 12.5. The molecular weight excluding hydrogens is 366 g/mol. The largest absolute Gasteiger partial charge is 0.378 e. The van der Waals surface area contributed by atoms with Gasteiger partial charge >= 0.3 is 0 Å². The normalized spacial score (nSPS) is 18.1. The van der Waals surface area contributed by atoms with E-state index in [-0.39, 0.29) is 29.1 Å². The van der Waals surface area contributed by atoms with Gasteiger partial charge in [-0.25, -0.2) is 18.4 Å². The van der Waals surface area contributed by atoms with Crippen molar-refractivity contribution >= 4 is 32.9 Å². The molecule has 1 amide bonds. The van der Waals surface area contributed by atoms with Crippen LogP contribution in [-0.2, 0) is 9.84 Å². The summed E-state index contributed by atoms with van der Waals surface area (Å²) < 4.78 is 23.4. The van der Waals surface area contributed by atoms with Crippen LogP contribution < -0.4 is 15.1 Å². The zero-order valence-electron chi connectivity index (χ0n) is 15.6. The smallest absolute Gasteiger partial charge is 0.274 e. The van der Waals surface area contributed by atoms with E-state index in [9.17, 15) is 13.2 Å². The molecule has 1 aliphatic rings. The van der Waals surface area contributed by atoms with Gasteiger partial charge in [0, 0.05) is 44.6 Å². The van der Waals surface area contributed by atoms with Crippen molar-refractivity contribution in [1.29, 1.82) is 0 Å². The molecule has 1 saturated heterocycles. The number of hydrogen-bond acceptors (Lipinski definition) is 7.